The first kappa shape index (κ1) is 13.4. The highest BCUT2D eigenvalue weighted by Crippen LogP contribution is 2.41. The largest absolute Gasteiger partial charge is 0.481 e. The average Bonchev–Trinajstić information content (AvgIpc) is 2.79. The highest BCUT2D eigenvalue weighted by Gasteiger charge is 2.40. The van der Waals surface area contributed by atoms with Gasteiger partial charge in [0.2, 0.25) is 5.88 Å². The second kappa shape index (κ2) is 5.44. The number of hydrogen-bond donors (Lipinski definition) is 0. The van der Waals surface area contributed by atoms with Gasteiger partial charge in [0.15, 0.2) is 0 Å². The highest BCUT2D eigenvalue weighted by molar-refractivity contribution is 14.1. The van der Waals surface area contributed by atoms with E-state index in [1.807, 2.05) is 12.3 Å². The number of rotatable bonds is 2. The first-order chi connectivity index (χ1) is 9.21. The molecule has 2 saturated heterocycles. The van der Waals surface area contributed by atoms with Crippen molar-refractivity contribution in [2.75, 3.05) is 38.2 Å². The Morgan fingerprint density at radius 1 is 1.26 bits per heavy atom. The zero-order valence-corrected chi connectivity index (χ0v) is 13.5. The molecule has 3 heterocycles. The van der Waals surface area contributed by atoms with Gasteiger partial charge in [-0.3, -0.25) is 0 Å². The molecule has 4 nitrogen and oxygen atoms in total. The van der Waals surface area contributed by atoms with E-state index in [-0.39, 0.29) is 0 Å². The molecule has 2 fully saturated rings. The van der Waals surface area contributed by atoms with Crippen LogP contribution in [0.15, 0.2) is 18.3 Å². The summed E-state index contributed by atoms with van der Waals surface area (Å²) in [5, 5.41) is 0. The Labute approximate surface area is 128 Å². The summed E-state index contributed by atoms with van der Waals surface area (Å²) in [5.74, 6) is 0.690. The van der Waals surface area contributed by atoms with Crippen LogP contribution in [0.1, 0.15) is 19.3 Å². The van der Waals surface area contributed by atoms with E-state index in [1.54, 1.807) is 7.11 Å². The van der Waals surface area contributed by atoms with Crippen LogP contribution in [0.25, 0.3) is 0 Å². The molecule has 1 aromatic heterocycles. The van der Waals surface area contributed by atoms with Crippen LogP contribution in [0, 0.1) is 5.41 Å². The minimum absolute atomic E-state index is 0.499. The summed E-state index contributed by atoms with van der Waals surface area (Å²) in [7, 11) is 1.66. The van der Waals surface area contributed by atoms with E-state index in [0.717, 1.165) is 6.54 Å². The summed E-state index contributed by atoms with van der Waals surface area (Å²) in [6.07, 6.45) is 5.92. The van der Waals surface area contributed by atoms with E-state index in [2.05, 4.69) is 41.9 Å². The van der Waals surface area contributed by atoms with E-state index in [1.165, 1.54) is 44.6 Å². The molecule has 0 radical (unpaired) electrons. The quantitative estimate of drug-likeness (QED) is 0.589. The summed E-state index contributed by atoms with van der Waals surface area (Å²) < 4.78 is 7.56. The maximum atomic E-state index is 5.13. The van der Waals surface area contributed by atoms with Crippen LogP contribution in [0.3, 0.4) is 0 Å². The van der Waals surface area contributed by atoms with Crippen LogP contribution in [0.2, 0.25) is 0 Å². The molecular weight excluding hydrogens is 353 g/mol. The summed E-state index contributed by atoms with van der Waals surface area (Å²) in [6, 6.07) is 4.08. The molecule has 2 aliphatic rings. The molecule has 19 heavy (non-hydrogen) atoms. The topological polar surface area (TPSA) is 28.6 Å². The zero-order chi connectivity index (χ0) is 13.3. The van der Waals surface area contributed by atoms with Gasteiger partial charge >= 0.3 is 0 Å². The molecule has 0 bridgehead atoms. The van der Waals surface area contributed by atoms with E-state index in [0.29, 0.717) is 11.3 Å². The van der Waals surface area contributed by atoms with Gasteiger partial charge in [0.1, 0.15) is 0 Å². The van der Waals surface area contributed by atoms with Gasteiger partial charge in [-0.2, -0.15) is 0 Å². The van der Waals surface area contributed by atoms with E-state index in [4.69, 9.17) is 4.74 Å². The van der Waals surface area contributed by atoms with Gasteiger partial charge in [0.25, 0.3) is 0 Å². The molecule has 0 amide bonds. The minimum atomic E-state index is 0.499. The third-order valence-corrected chi connectivity index (χ3v) is 5.17. The Morgan fingerprint density at radius 3 is 2.79 bits per heavy atom. The van der Waals surface area contributed by atoms with Crippen molar-refractivity contribution in [3.05, 3.63) is 18.3 Å². The van der Waals surface area contributed by atoms with Crippen LogP contribution < -0.4 is 9.64 Å². The molecule has 104 valence electrons. The number of ether oxygens (including phenoxy) is 1. The highest BCUT2D eigenvalue weighted by atomic mass is 127. The molecular formula is C14H20IN3O. The maximum Gasteiger partial charge on any atom is 0.213 e. The number of anilines is 1. The maximum absolute atomic E-state index is 5.13. The van der Waals surface area contributed by atoms with Gasteiger partial charge in [-0.25, -0.2) is 8.10 Å². The fraction of sp³-hybridized carbons (Fsp3) is 0.643. The van der Waals surface area contributed by atoms with Crippen LogP contribution in [0.4, 0.5) is 5.69 Å². The van der Waals surface area contributed by atoms with Gasteiger partial charge in [-0.15, -0.1) is 0 Å². The van der Waals surface area contributed by atoms with Crippen molar-refractivity contribution in [1.82, 2.24) is 8.10 Å². The van der Waals surface area contributed by atoms with Crippen molar-refractivity contribution < 1.29 is 4.74 Å². The molecule has 1 unspecified atom stereocenters. The SMILES string of the molecule is COc1ccc(N2CCCC3(CCN(I)C3)C2)cn1. The number of piperidine rings is 1. The number of hydrogen-bond acceptors (Lipinski definition) is 4. The van der Waals surface area contributed by atoms with Crippen LogP contribution in [-0.2, 0) is 0 Å². The molecule has 1 spiro atoms. The summed E-state index contributed by atoms with van der Waals surface area (Å²) in [5.41, 5.74) is 1.73. The van der Waals surface area contributed by atoms with Crippen molar-refractivity contribution in [3.63, 3.8) is 0 Å². The van der Waals surface area contributed by atoms with Crippen molar-refractivity contribution in [1.29, 1.82) is 0 Å². The molecule has 1 atom stereocenters. The van der Waals surface area contributed by atoms with Crippen molar-refractivity contribution in [3.8, 4) is 5.88 Å². The van der Waals surface area contributed by atoms with Crippen molar-refractivity contribution >= 4 is 28.6 Å². The molecule has 0 N–H and O–H groups in total. The van der Waals surface area contributed by atoms with Gasteiger partial charge in [0.05, 0.1) is 19.0 Å². The first-order valence-electron chi connectivity index (χ1n) is 6.87. The predicted octanol–water partition coefficient (Wildman–Crippen LogP) is 2.73. The fourth-order valence-electron chi connectivity index (χ4n) is 3.32. The average molecular weight is 373 g/mol. The van der Waals surface area contributed by atoms with Crippen molar-refractivity contribution in [2.45, 2.75) is 19.3 Å². The Balaban J connectivity index is 1.74. The van der Waals surface area contributed by atoms with Gasteiger partial charge in [-0.1, -0.05) is 0 Å². The van der Waals surface area contributed by atoms with Crippen LogP contribution in [0.5, 0.6) is 5.88 Å². The molecule has 1 aromatic rings. The van der Waals surface area contributed by atoms with E-state index in [9.17, 15) is 0 Å². The summed E-state index contributed by atoms with van der Waals surface area (Å²) >= 11 is 2.46. The molecule has 5 heteroatoms. The fourth-order valence-corrected chi connectivity index (χ4v) is 4.29. The van der Waals surface area contributed by atoms with Gasteiger partial charge < -0.3 is 9.64 Å². The Morgan fingerprint density at radius 2 is 2.16 bits per heavy atom. The predicted molar refractivity (Wildman–Crippen MR) is 84.9 cm³/mol. The number of pyridine rings is 1. The second-order valence-corrected chi connectivity index (χ2v) is 7.04. The molecule has 0 aliphatic carbocycles. The normalized spacial score (nSPS) is 28.0. The minimum Gasteiger partial charge on any atom is -0.481 e. The third kappa shape index (κ3) is 2.81. The summed E-state index contributed by atoms with van der Waals surface area (Å²) in [6.45, 7) is 4.78. The molecule has 3 rings (SSSR count). The zero-order valence-electron chi connectivity index (χ0n) is 11.3. The lowest BCUT2D eigenvalue weighted by molar-refractivity contribution is 0.253. The van der Waals surface area contributed by atoms with E-state index >= 15 is 0 Å². The third-order valence-electron chi connectivity index (χ3n) is 4.35. The number of aromatic nitrogens is 1. The smallest absolute Gasteiger partial charge is 0.213 e. The molecule has 2 aliphatic heterocycles. The van der Waals surface area contributed by atoms with Gasteiger partial charge in [-0.05, 0) is 25.3 Å². The Kier molecular flexibility index (Phi) is 3.84. The lowest BCUT2D eigenvalue weighted by Gasteiger charge is -2.41. The lowest BCUT2D eigenvalue weighted by atomic mass is 9.79. The summed E-state index contributed by atoms with van der Waals surface area (Å²) in [4.78, 5) is 6.82. The first-order valence-corrected chi connectivity index (χ1v) is 7.83. The number of nitrogens with zero attached hydrogens (tertiary/aromatic N) is 3. The molecule has 0 saturated carbocycles. The monoisotopic (exact) mass is 373 g/mol. The Bertz CT molecular complexity index is 435. The van der Waals surface area contributed by atoms with Crippen molar-refractivity contribution in [2.24, 2.45) is 5.41 Å². The second-order valence-electron chi connectivity index (χ2n) is 5.68. The standard InChI is InChI=1S/C14H20IN3O/c1-19-13-4-3-12(9-16-13)17-7-2-5-14(10-17)6-8-18(15)11-14/h3-4,9H,2,5-8,10-11H2,1H3. The molecule has 0 aromatic carbocycles. The number of methoxy groups -OCH3 is 1. The lowest BCUT2D eigenvalue weighted by Crippen LogP contribution is -2.44. The van der Waals surface area contributed by atoms with Gasteiger partial charge in [0, 0.05) is 60.5 Å². The number of halogens is 1. The van der Waals surface area contributed by atoms with Crippen LogP contribution in [-0.4, -0.2) is 41.4 Å². The Hall–Kier alpha value is -0.560. The van der Waals surface area contributed by atoms with E-state index < -0.39 is 0 Å². The van der Waals surface area contributed by atoms with Crippen LogP contribution >= 0.6 is 22.9 Å².